The van der Waals surface area contributed by atoms with Crippen molar-refractivity contribution in [3.8, 4) is 11.3 Å². The number of Topliss-reactive ketones (excluding diaryl/α,β-unsaturated/α-hetero) is 1. The molecule has 0 amide bonds. The molecule has 2 aromatic rings. The molecule has 6 heteroatoms. The minimum atomic E-state index is -0.111. The smallest absolute Gasteiger partial charge is 0.179 e. The molecule has 0 radical (unpaired) electrons. The monoisotopic (exact) mass is 347 g/mol. The minimum Gasteiger partial charge on any atom is -0.360 e. The molecular weight excluding hydrogens is 341 g/mol. The average molecular weight is 349 g/mol. The van der Waals surface area contributed by atoms with Gasteiger partial charge in [-0.1, -0.05) is 56.4 Å². The minimum absolute atomic E-state index is 0.111. The maximum Gasteiger partial charge on any atom is 0.179 e. The number of aromatic nitrogens is 1. The van der Waals surface area contributed by atoms with Crippen molar-refractivity contribution in [3.05, 3.63) is 39.6 Å². The molecule has 2 rings (SSSR count). The van der Waals surface area contributed by atoms with Gasteiger partial charge in [-0.2, -0.15) is 0 Å². The topological polar surface area (TPSA) is 43.1 Å². The third kappa shape index (κ3) is 2.32. The third-order valence-electron chi connectivity index (χ3n) is 2.47. The highest BCUT2D eigenvalue weighted by Gasteiger charge is 2.22. The van der Waals surface area contributed by atoms with Crippen LogP contribution in [0.1, 0.15) is 16.1 Å². The van der Waals surface area contributed by atoms with Gasteiger partial charge in [0.2, 0.25) is 0 Å². The Morgan fingerprint density at radius 1 is 1.44 bits per heavy atom. The first-order valence-corrected chi connectivity index (χ1v) is 6.93. The SMILES string of the molecule is Cc1onc(-c2cccc(Cl)c2Cl)c1C(=O)CBr. The number of aryl methyl sites for hydroxylation is 1. The van der Waals surface area contributed by atoms with E-state index in [1.54, 1.807) is 25.1 Å². The van der Waals surface area contributed by atoms with Crippen LogP contribution in [0.3, 0.4) is 0 Å². The Balaban J connectivity index is 2.65. The number of alkyl halides is 1. The molecule has 1 aromatic heterocycles. The van der Waals surface area contributed by atoms with Crippen molar-refractivity contribution in [3.63, 3.8) is 0 Å². The van der Waals surface area contributed by atoms with Gasteiger partial charge in [-0.05, 0) is 13.0 Å². The number of hydrogen-bond acceptors (Lipinski definition) is 3. The van der Waals surface area contributed by atoms with Crippen molar-refractivity contribution in [2.45, 2.75) is 6.92 Å². The van der Waals surface area contributed by atoms with Crippen LogP contribution in [0.2, 0.25) is 10.0 Å². The number of rotatable bonds is 3. The Morgan fingerprint density at radius 2 is 2.17 bits per heavy atom. The summed E-state index contributed by atoms with van der Waals surface area (Å²) in [6.07, 6.45) is 0. The van der Waals surface area contributed by atoms with Gasteiger partial charge in [0.15, 0.2) is 5.78 Å². The van der Waals surface area contributed by atoms with E-state index in [4.69, 9.17) is 27.7 Å². The molecule has 0 aliphatic rings. The number of halogens is 3. The zero-order chi connectivity index (χ0) is 13.3. The quantitative estimate of drug-likeness (QED) is 0.604. The first-order valence-electron chi connectivity index (χ1n) is 5.06. The normalized spacial score (nSPS) is 10.7. The zero-order valence-corrected chi connectivity index (χ0v) is 12.4. The van der Waals surface area contributed by atoms with Crippen molar-refractivity contribution in [1.82, 2.24) is 5.16 Å². The number of nitrogens with zero attached hydrogens (tertiary/aromatic N) is 1. The number of carbonyl (C=O) groups is 1. The van der Waals surface area contributed by atoms with Crippen LogP contribution >= 0.6 is 39.1 Å². The lowest BCUT2D eigenvalue weighted by Gasteiger charge is -2.04. The predicted octanol–water partition coefficient (Wildman–Crippen LogP) is 4.53. The lowest BCUT2D eigenvalue weighted by Crippen LogP contribution is -2.02. The van der Waals surface area contributed by atoms with Gasteiger partial charge < -0.3 is 4.52 Å². The summed E-state index contributed by atoms with van der Waals surface area (Å²) in [5.74, 6) is 0.352. The number of benzene rings is 1. The van der Waals surface area contributed by atoms with Crippen LogP contribution in [0.5, 0.6) is 0 Å². The summed E-state index contributed by atoms with van der Waals surface area (Å²) in [6.45, 7) is 1.69. The standard InChI is InChI=1S/C12H8BrCl2NO2/c1-6-10(9(17)5-13)12(16-18-6)7-3-2-4-8(14)11(7)15/h2-4H,5H2,1H3. The van der Waals surface area contributed by atoms with Crippen molar-refractivity contribution in [2.24, 2.45) is 0 Å². The molecule has 3 nitrogen and oxygen atoms in total. The zero-order valence-electron chi connectivity index (χ0n) is 9.34. The largest absolute Gasteiger partial charge is 0.360 e. The van der Waals surface area contributed by atoms with E-state index < -0.39 is 0 Å². The van der Waals surface area contributed by atoms with Crippen molar-refractivity contribution >= 4 is 44.9 Å². The molecule has 0 bridgehead atoms. The Bertz CT molecular complexity index is 610. The van der Waals surface area contributed by atoms with Crippen LogP contribution in [0, 0.1) is 6.92 Å². The van der Waals surface area contributed by atoms with Crippen LogP contribution in [0.15, 0.2) is 22.7 Å². The fraction of sp³-hybridized carbons (Fsp3) is 0.167. The van der Waals surface area contributed by atoms with Crippen LogP contribution in [-0.2, 0) is 0 Å². The van der Waals surface area contributed by atoms with Crippen molar-refractivity contribution in [1.29, 1.82) is 0 Å². The van der Waals surface area contributed by atoms with Gasteiger partial charge >= 0.3 is 0 Å². The third-order valence-corrected chi connectivity index (χ3v) is 3.80. The van der Waals surface area contributed by atoms with Crippen molar-refractivity contribution < 1.29 is 9.32 Å². The summed E-state index contributed by atoms with van der Waals surface area (Å²) >= 11 is 15.2. The van der Waals surface area contributed by atoms with E-state index in [1.807, 2.05) is 0 Å². The molecule has 0 spiro atoms. The molecule has 0 saturated heterocycles. The summed E-state index contributed by atoms with van der Waals surface area (Å²) in [6, 6.07) is 5.17. The molecule has 0 fully saturated rings. The van der Waals surface area contributed by atoms with Gasteiger partial charge in [0.25, 0.3) is 0 Å². The summed E-state index contributed by atoms with van der Waals surface area (Å²) in [7, 11) is 0. The maximum atomic E-state index is 11.9. The molecule has 0 unspecified atom stereocenters. The summed E-state index contributed by atoms with van der Waals surface area (Å²) in [5, 5.41) is 4.86. The second kappa shape index (κ2) is 5.43. The van der Waals surface area contributed by atoms with Gasteiger partial charge in [-0.3, -0.25) is 4.79 Å². The first kappa shape index (κ1) is 13.6. The number of ketones is 1. The van der Waals surface area contributed by atoms with Gasteiger partial charge in [0.1, 0.15) is 11.5 Å². The van der Waals surface area contributed by atoms with Crippen LogP contribution in [0.4, 0.5) is 0 Å². The molecule has 0 saturated carbocycles. The fourth-order valence-electron chi connectivity index (χ4n) is 1.64. The number of carbonyl (C=O) groups excluding carboxylic acids is 1. The molecule has 1 heterocycles. The highest BCUT2D eigenvalue weighted by molar-refractivity contribution is 9.09. The highest BCUT2D eigenvalue weighted by atomic mass is 79.9. The molecular formula is C12H8BrCl2NO2. The Morgan fingerprint density at radius 3 is 2.83 bits per heavy atom. The van der Waals surface area contributed by atoms with E-state index in [-0.39, 0.29) is 11.1 Å². The van der Waals surface area contributed by atoms with Crippen LogP contribution in [-0.4, -0.2) is 16.3 Å². The Labute approximate surface area is 122 Å². The fourth-order valence-corrected chi connectivity index (χ4v) is 2.31. The summed E-state index contributed by atoms with van der Waals surface area (Å²) in [4.78, 5) is 11.9. The molecule has 0 atom stereocenters. The van der Waals surface area contributed by atoms with E-state index in [1.165, 1.54) is 0 Å². The van der Waals surface area contributed by atoms with Crippen LogP contribution < -0.4 is 0 Å². The van der Waals surface area contributed by atoms with E-state index in [9.17, 15) is 4.79 Å². The van der Waals surface area contributed by atoms with Crippen molar-refractivity contribution in [2.75, 3.05) is 5.33 Å². The molecule has 0 aliphatic carbocycles. The highest BCUT2D eigenvalue weighted by Crippen LogP contribution is 2.35. The average Bonchev–Trinajstić information content (AvgIpc) is 2.73. The van der Waals surface area contributed by atoms with Gasteiger partial charge in [-0.25, -0.2) is 0 Å². The second-order valence-corrected chi connectivity index (χ2v) is 4.97. The van der Waals surface area contributed by atoms with E-state index in [0.29, 0.717) is 32.6 Å². The van der Waals surface area contributed by atoms with E-state index in [2.05, 4.69) is 21.1 Å². The van der Waals surface area contributed by atoms with E-state index in [0.717, 1.165) is 0 Å². The molecule has 0 N–H and O–H groups in total. The molecule has 1 aromatic carbocycles. The lowest BCUT2D eigenvalue weighted by molar-refractivity contribution is 0.102. The summed E-state index contributed by atoms with van der Waals surface area (Å²) < 4.78 is 5.07. The Hall–Kier alpha value is -0.840. The Kier molecular flexibility index (Phi) is 4.10. The number of hydrogen-bond donors (Lipinski definition) is 0. The maximum absolute atomic E-state index is 11.9. The van der Waals surface area contributed by atoms with Gasteiger partial charge in [-0.15, -0.1) is 0 Å². The second-order valence-electron chi connectivity index (χ2n) is 3.62. The van der Waals surface area contributed by atoms with E-state index >= 15 is 0 Å². The lowest BCUT2D eigenvalue weighted by atomic mass is 10.0. The first-order chi connectivity index (χ1) is 8.56. The van der Waals surface area contributed by atoms with Gasteiger partial charge in [0, 0.05) is 5.56 Å². The van der Waals surface area contributed by atoms with Gasteiger partial charge in [0.05, 0.1) is 20.9 Å². The summed E-state index contributed by atoms with van der Waals surface area (Å²) in [5.41, 5.74) is 1.44. The molecule has 0 aliphatic heterocycles. The van der Waals surface area contributed by atoms with Crippen LogP contribution in [0.25, 0.3) is 11.3 Å². The molecule has 94 valence electrons. The molecule has 18 heavy (non-hydrogen) atoms. The predicted molar refractivity (Wildman–Crippen MR) is 74.8 cm³/mol.